The Morgan fingerprint density at radius 1 is 1.71 bits per heavy atom. The van der Waals surface area contributed by atoms with Gasteiger partial charge in [-0.25, -0.2) is 4.98 Å². The van der Waals surface area contributed by atoms with E-state index in [4.69, 9.17) is 4.74 Å². The number of aromatic amines is 1. The molecular weight excluding hydrogens is 293 g/mol. The second kappa shape index (κ2) is 4.59. The summed E-state index contributed by atoms with van der Waals surface area (Å²) in [6.45, 7) is 1.86. The summed E-state index contributed by atoms with van der Waals surface area (Å²) in [6, 6.07) is 0.374. The van der Waals surface area contributed by atoms with E-state index >= 15 is 0 Å². The maximum absolute atomic E-state index is 5.14. The summed E-state index contributed by atoms with van der Waals surface area (Å²) >= 11 is 2.24. The number of nitrogens with zero attached hydrogens (tertiary/aromatic N) is 1. The summed E-state index contributed by atoms with van der Waals surface area (Å²) in [6.07, 6.45) is 2.97. The van der Waals surface area contributed by atoms with Crippen LogP contribution in [0.15, 0.2) is 6.20 Å². The number of aromatic nitrogens is 2. The summed E-state index contributed by atoms with van der Waals surface area (Å²) in [4.78, 5) is 7.58. The van der Waals surface area contributed by atoms with E-state index in [0.717, 1.165) is 29.1 Å². The fraction of sp³-hybridized carbons (Fsp3) is 0.667. The minimum absolute atomic E-state index is 0.374. The number of methoxy groups -OCH3 is 1. The Bertz CT molecular complexity index is 302. The largest absolute Gasteiger partial charge is 0.384 e. The summed E-state index contributed by atoms with van der Waals surface area (Å²) < 4.78 is 6.24. The van der Waals surface area contributed by atoms with Gasteiger partial charge in [0.25, 0.3) is 0 Å². The van der Waals surface area contributed by atoms with Gasteiger partial charge in [-0.3, -0.25) is 0 Å². The molecule has 1 aromatic heterocycles. The minimum Gasteiger partial charge on any atom is -0.384 e. The highest BCUT2D eigenvalue weighted by molar-refractivity contribution is 14.1. The molecular formula is C9H14IN3O. The van der Waals surface area contributed by atoms with Crippen LogP contribution in [0.3, 0.4) is 0 Å². The van der Waals surface area contributed by atoms with Crippen molar-refractivity contribution in [1.82, 2.24) is 15.3 Å². The zero-order valence-corrected chi connectivity index (χ0v) is 10.2. The average molecular weight is 307 g/mol. The Balaban J connectivity index is 1.95. The van der Waals surface area contributed by atoms with Gasteiger partial charge >= 0.3 is 0 Å². The summed E-state index contributed by atoms with van der Waals surface area (Å²) in [5, 5.41) is 3.44. The molecule has 0 bridgehead atoms. The average Bonchev–Trinajstić information content (AvgIpc) is 2.74. The second-order valence-corrected chi connectivity index (χ2v) is 4.80. The maximum Gasteiger partial charge on any atom is 0.124 e. The molecule has 0 aliphatic carbocycles. The molecule has 1 saturated heterocycles. The van der Waals surface area contributed by atoms with Crippen LogP contribution in [-0.4, -0.2) is 30.2 Å². The number of halogens is 1. The third kappa shape index (κ3) is 2.26. The van der Waals surface area contributed by atoms with Gasteiger partial charge in [0.1, 0.15) is 5.82 Å². The van der Waals surface area contributed by atoms with Gasteiger partial charge in [0.05, 0.1) is 22.5 Å². The molecule has 5 heteroatoms. The zero-order valence-electron chi connectivity index (χ0n) is 8.09. The quantitative estimate of drug-likeness (QED) is 0.828. The standard InChI is InChI=1S/C9H14IN3O/c1-14-5-6-2-7(11-3-6)9-12-4-8(10)13-9/h4,6-7,11H,2-3,5H2,1H3,(H,12,13)/t6-,7-/m0/s1. The van der Waals surface area contributed by atoms with Crippen LogP contribution in [0, 0.1) is 9.62 Å². The van der Waals surface area contributed by atoms with E-state index in [1.54, 1.807) is 7.11 Å². The van der Waals surface area contributed by atoms with Crippen LogP contribution in [0.4, 0.5) is 0 Å². The number of H-pyrrole nitrogens is 1. The lowest BCUT2D eigenvalue weighted by Crippen LogP contribution is -2.15. The van der Waals surface area contributed by atoms with Crippen molar-refractivity contribution < 1.29 is 4.74 Å². The molecule has 78 valence electrons. The summed E-state index contributed by atoms with van der Waals surface area (Å²) in [5.41, 5.74) is 0. The minimum atomic E-state index is 0.374. The van der Waals surface area contributed by atoms with Crippen LogP contribution >= 0.6 is 22.6 Å². The van der Waals surface area contributed by atoms with E-state index in [-0.39, 0.29) is 0 Å². The van der Waals surface area contributed by atoms with E-state index < -0.39 is 0 Å². The van der Waals surface area contributed by atoms with E-state index in [1.807, 2.05) is 6.20 Å². The van der Waals surface area contributed by atoms with Crippen molar-refractivity contribution >= 4 is 22.6 Å². The molecule has 1 fully saturated rings. The van der Waals surface area contributed by atoms with Crippen molar-refractivity contribution in [3.63, 3.8) is 0 Å². The Kier molecular flexibility index (Phi) is 3.40. The topological polar surface area (TPSA) is 49.9 Å². The van der Waals surface area contributed by atoms with Crippen molar-refractivity contribution in [2.45, 2.75) is 12.5 Å². The lowest BCUT2D eigenvalue weighted by atomic mass is 10.1. The third-order valence-corrected chi connectivity index (χ3v) is 3.07. The number of hydrogen-bond donors (Lipinski definition) is 2. The van der Waals surface area contributed by atoms with E-state index in [1.165, 1.54) is 0 Å². The molecule has 14 heavy (non-hydrogen) atoms. The first-order valence-corrected chi connectivity index (χ1v) is 5.80. The molecule has 2 heterocycles. The van der Waals surface area contributed by atoms with Crippen LogP contribution < -0.4 is 5.32 Å². The molecule has 0 spiro atoms. The predicted octanol–water partition coefficient (Wildman–Crippen LogP) is 1.31. The van der Waals surface area contributed by atoms with Crippen LogP contribution in [-0.2, 0) is 4.74 Å². The van der Waals surface area contributed by atoms with Crippen molar-refractivity contribution in [3.05, 3.63) is 15.7 Å². The molecule has 1 aromatic rings. The van der Waals surface area contributed by atoms with Crippen molar-refractivity contribution in [3.8, 4) is 0 Å². The van der Waals surface area contributed by atoms with Gasteiger partial charge in [-0.15, -0.1) is 0 Å². The van der Waals surface area contributed by atoms with Gasteiger partial charge in [0.2, 0.25) is 0 Å². The molecule has 4 nitrogen and oxygen atoms in total. The van der Waals surface area contributed by atoms with Gasteiger partial charge in [0, 0.05) is 13.7 Å². The Morgan fingerprint density at radius 3 is 3.21 bits per heavy atom. The van der Waals surface area contributed by atoms with Crippen LogP contribution in [0.25, 0.3) is 0 Å². The number of ether oxygens (including phenoxy) is 1. The van der Waals surface area contributed by atoms with E-state index in [2.05, 4.69) is 37.9 Å². The molecule has 0 aromatic carbocycles. The predicted molar refractivity (Wildman–Crippen MR) is 62.0 cm³/mol. The Labute approximate surface area is 97.0 Å². The molecule has 0 radical (unpaired) electrons. The first-order valence-electron chi connectivity index (χ1n) is 4.72. The number of hydrogen-bond acceptors (Lipinski definition) is 3. The Hall–Kier alpha value is -0.140. The molecule has 2 atom stereocenters. The number of nitrogens with one attached hydrogen (secondary N) is 2. The fourth-order valence-electron chi connectivity index (χ4n) is 1.87. The zero-order chi connectivity index (χ0) is 9.97. The van der Waals surface area contributed by atoms with Gasteiger partial charge in [-0.1, -0.05) is 0 Å². The summed E-state index contributed by atoms with van der Waals surface area (Å²) in [7, 11) is 1.75. The molecule has 0 saturated carbocycles. The van der Waals surface area contributed by atoms with Crippen molar-refractivity contribution in [2.75, 3.05) is 20.3 Å². The SMILES string of the molecule is COC[C@@H]1CN[C@H](c2ncc(I)[nH]2)C1. The Morgan fingerprint density at radius 2 is 2.57 bits per heavy atom. The fourth-order valence-corrected chi connectivity index (χ4v) is 2.29. The second-order valence-electron chi connectivity index (χ2n) is 3.63. The molecule has 2 N–H and O–H groups in total. The molecule has 1 aliphatic heterocycles. The first kappa shape index (κ1) is 10.4. The van der Waals surface area contributed by atoms with Crippen LogP contribution in [0.1, 0.15) is 18.3 Å². The van der Waals surface area contributed by atoms with Crippen molar-refractivity contribution in [1.29, 1.82) is 0 Å². The smallest absolute Gasteiger partial charge is 0.124 e. The third-order valence-electron chi connectivity index (χ3n) is 2.52. The maximum atomic E-state index is 5.14. The van der Waals surface area contributed by atoms with Gasteiger partial charge < -0.3 is 15.0 Å². The normalized spacial score (nSPS) is 27.0. The van der Waals surface area contributed by atoms with E-state index in [0.29, 0.717) is 12.0 Å². The highest BCUT2D eigenvalue weighted by atomic mass is 127. The molecule has 1 aliphatic rings. The molecule has 2 rings (SSSR count). The molecule has 0 unspecified atom stereocenters. The summed E-state index contributed by atoms with van der Waals surface area (Å²) in [5.74, 6) is 1.67. The first-order chi connectivity index (χ1) is 6.79. The number of imidazole rings is 1. The van der Waals surface area contributed by atoms with Crippen LogP contribution in [0.5, 0.6) is 0 Å². The van der Waals surface area contributed by atoms with Gasteiger partial charge in [-0.05, 0) is 34.9 Å². The van der Waals surface area contributed by atoms with Gasteiger partial charge in [0.15, 0.2) is 0 Å². The highest BCUT2D eigenvalue weighted by Gasteiger charge is 2.26. The highest BCUT2D eigenvalue weighted by Crippen LogP contribution is 2.25. The monoisotopic (exact) mass is 307 g/mol. The van der Waals surface area contributed by atoms with Crippen molar-refractivity contribution in [2.24, 2.45) is 5.92 Å². The molecule has 0 amide bonds. The lowest BCUT2D eigenvalue weighted by Gasteiger charge is -2.06. The van der Waals surface area contributed by atoms with Crippen LogP contribution in [0.2, 0.25) is 0 Å². The lowest BCUT2D eigenvalue weighted by molar-refractivity contribution is 0.159. The van der Waals surface area contributed by atoms with E-state index in [9.17, 15) is 0 Å². The number of rotatable bonds is 3. The van der Waals surface area contributed by atoms with Gasteiger partial charge in [-0.2, -0.15) is 0 Å².